The molecule has 0 spiro atoms. The van der Waals surface area contributed by atoms with E-state index in [2.05, 4.69) is 0 Å². The van der Waals surface area contributed by atoms with Gasteiger partial charge in [0.2, 0.25) is 0 Å². The van der Waals surface area contributed by atoms with Crippen LogP contribution in [0.4, 0.5) is 9.59 Å². The maximum Gasteiger partial charge on any atom is 0.357 e. The third kappa shape index (κ3) is 3.11. The van der Waals surface area contributed by atoms with Gasteiger partial charge in [-0.1, -0.05) is 0 Å². The van der Waals surface area contributed by atoms with E-state index in [-0.39, 0.29) is 11.9 Å². The minimum Gasteiger partial charge on any atom is -0.271 e. The Morgan fingerprint density at radius 2 is 1.27 bits per heavy atom. The fraction of sp³-hybridized carbons (Fsp3) is 0.600. The molecule has 8 nitrogen and oxygen atoms in total. The Morgan fingerprint density at radius 3 is 1.36 bits per heavy atom. The second-order valence-electron chi connectivity index (χ2n) is 5.42. The minimum atomic E-state index is -1.04. The first-order valence-electron chi connectivity index (χ1n) is 5.78. The molecule has 124 valence electrons. The van der Waals surface area contributed by atoms with Gasteiger partial charge in [0.1, 0.15) is 11.1 Å². The molecule has 2 saturated heterocycles. The van der Waals surface area contributed by atoms with Crippen LogP contribution in [0.5, 0.6) is 0 Å². The van der Waals surface area contributed by atoms with Crippen LogP contribution in [0, 0.1) is 0 Å². The quantitative estimate of drug-likeness (QED) is 0.252. The summed E-state index contributed by atoms with van der Waals surface area (Å²) in [5.74, 6) is -0.684. The highest BCUT2D eigenvalue weighted by Gasteiger charge is 2.51. The number of amides is 6. The van der Waals surface area contributed by atoms with Crippen LogP contribution in [0.1, 0.15) is 27.7 Å². The molecule has 0 atom stereocenters. The molecule has 2 rings (SSSR count). The smallest absolute Gasteiger partial charge is 0.271 e. The largest absolute Gasteiger partial charge is 0.357 e. The summed E-state index contributed by atoms with van der Waals surface area (Å²) < 4.78 is 3.76. The Balaban J connectivity index is 0.000000220. The van der Waals surface area contributed by atoms with Gasteiger partial charge in [0.05, 0.1) is 45.7 Å². The highest BCUT2D eigenvalue weighted by molar-refractivity contribution is 14.1. The van der Waals surface area contributed by atoms with Crippen molar-refractivity contribution in [3.63, 3.8) is 0 Å². The van der Waals surface area contributed by atoms with Crippen molar-refractivity contribution >= 4 is 93.2 Å². The average molecular weight is 577 g/mol. The Labute approximate surface area is 165 Å². The van der Waals surface area contributed by atoms with Crippen molar-refractivity contribution in [3.8, 4) is 0 Å². The molecule has 0 saturated carbocycles. The standard InChI is InChI=1S/C5H6Cl2N2O2.C5H6I2N2O2/c2*1-5(2)3(10)8(6)4(11)9(5)7/h2*1-2H3. The Bertz CT molecular complexity index is 509. The summed E-state index contributed by atoms with van der Waals surface area (Å²) in [6, 6.07) is -0.968. The molecule has 12 heteroatoms. The second-order valence-corrected chi connectivity index (χ2v) is 8.02. The lowest BCUT2D eigenvalue weighted by Gasteiger charge is -2.19. The van der Waals surface area contributed by atoms with E-state index in [0.717, 1.165) is 7.53 Å². The highest BCUT2D eigenvalue weighted by Crippen LogP contribution is 2.32. The average Bonchev–Trinajstić information content (AvgIpc) is 2.67. The van der Waals surface area contributed by atoms with Crippen LogP contribution in [0.3, 0.4) is 0 Å². The molecule has 0 aromatic rings. The Morgan fingerprint density at radius 1 is 0.818 bits per heavy atom. The molecular weight excluding hydrogens is 565 g/mol. The van der Waals surface area contributed by atoms with E-state index in [1.807, 2.05) is 22.9 Å². The number of carbonyl (C=O) groups excluding carboxylic acids is 4. The lowest BCUT2D eigenvalue weighted by Crippen LogP contribution is -2.38. The Kier molecular flexibility index (Phi) is 5.84. The van der Waals surface area contributed by atoms with Crippen LogP contribution in [0.2, 0.25) is 0 Å². The Hall–Kier alpha value is -0.0800. The first kappa shape index (κ1) is 20.0. The van der Waals surface area contributed by atoms with E-state index < -0.39 is 23.0 Å². The summed E-state index contributed by atoms with van der Waals surface area (Å²) in [7, 11) is 0. The van der Waals surface area contributed by atoms with E-state index in [0.29, 0.717) is 4.42 Å². The molecule has 0 aromatic heterocycles. The number of nitrogens with zero attached hydrogens (tertiary/aromatic N) is 4. The van der Waals surface area contributed by atoms with Gasteiger partial charge < -0.3 is 0 Å². The van der Waals surface area contributed by atoms with Crippen molar-refractivity contribution in [3.05, 3.63) is 0 Å². The van der Waals surface area contributed by atoms with Gasteiger partial charge in [-0.2, -0.15) is 7.53 Å². The predicted octanol–water partition coefficient (Wildman–Crippen LogP) is 3.07. The zero-order valence-corrected chi connectivity index (χ0v) is 17.8. The van der Waals surface area contributed by atoms with Gasteiger partial charge in [-0.25, -0.2) is 14.0 Å². The summed E-state index contributed by atoms with van der Waals surface area (Å²) in [6.07, 6.45) is 0. The maximum absolute atomic E-state index is 11.3. The number of urea groups is 2. The molecule has 2 heterocycles. The van der Waals surface area contributed by atoms with Gasteiger partial charge in [0.25, 0.3) is 11.8 Å². The lowest BCUT2D eigenvalue weighted by atomic mass is 10.1. The molecule has 0 aromatic carbocycles. The van der Waals surface area contributed by atoms with Gasteiger partial charge in [-0.15, -0.1) is 0 Å². The van der Waals surface area contributed by atoms with Crippen LogP contribution in [0.15, 0.2) is 0 Å². The maximum atomic E-state index is 11.3. The van der Waals surface area contributed by atoms with Crippen LogP contribution in [-0.2, 0) is 9.59 Å². The molecule has 0 unspecified atom stereocenters. The van der Waals surface area contributed by atoms with E-state index >= 15 is 0 Å². The number of rotatable bonds is 0. The lowest BCUT2D eigenvalue weighted by molar-refractivity contribution is -0.128. The van der Waals surface area contributed by atoms with E-state index in [1.54, 1.807) is 36.7 Å². The second kappa shape index (κ2) is 6.43. The van der Waals surface area contributed by atoms with Crippen molar-refractivity contribution in [2.45, 2.75) is 38.8 Å². The van der Waals surface area contributed by atoms with Crippen molar-refractivity contribution < 1.29 is 19.2 Å². The predicted molar refractivity (Wildman–Crippen MR) is 96.1 cm³/mol. The molecule has 0 radical (unpaired) electrons. The first-order chi connectivity index (χ1) is 9.77. The number of imide groups is 2. The molecule has 2 fully saturated rings. The summed E-state index contributed by atoms with van der Waals surface area (Å²) >= 11 is 14.3. The highest BCUT2D eigenvalue weighted by atomic mass is 127. The van der Waals surface area contributed by atoms with Crippen molar-refractivity contribution in [1.29, 1.82) is 0 Å². The monoisotopic (exact) mass is 576 g/mol. The minimum absolute atomic E-state index is 0.169. The summed E-state index contributed by atoms with van der Waals surface area (Å²) in [4.78, 5) is 44.4. The SMILES string of the molecule is CC1(C)C(=O)N(Cl)C(=O)N1Cl.CC1(C)C(=O)N(I)C(=O)N1I. The van der Waals surface area contributed by atoms with Crippen molar-refractivity contribution in [2.75, 3.05) is 0 Å². The molecule has 0 aliphatic carbocycles. The number of hydrogen-bond donors (Lipinski definition) is 0. The fourth-order valence-electron chi connectivity index (χ4n) is 1.45. The number of carbonyl (C=O) groups is 4. The third-order valence-electron chi connectivity index (χ3n) is 3.06. The van der Waals surface area contributed by atoms with Crippen LogP contribution in [0.25, 0.3) is 0 Å². The zero-order valence-electron chi connectivity index (χ0n) is 11.9. The molecule has 2 aliphatic rings. The molecule has 0 N–H and O–H groups in total. The van der Waals surface area contributed by atoms with Gasteiger partial charge in [0.15, 0.2) is 0 Å². The normalized spacial score (nSPS) is 23.3. The van der Waals surface area contributed by atoms with Gasteiger partial charge in [0, 0.05) is 23.6 Å². The molecule has 0 bridgehead atoms. The molecule has 6 amide bonds. The first-order valence-corrected chi connectivity index (χ1v) is 8.39. The summed E-state index contributed by atoms with van der Waals surface area (Å²) in [5.41, 5.74) is -1.74. The van der Waals surface area contributed by atoms with Gasteiger partial charge in [-0.05, 0) is 27.7 Å². The van der Waals surface area contributed by atoms with Gasteiger partial charge >= 0.3 is 12.1 Å². The fourth-order valence-corrected chi connectivity index (χ4v) is 3.56. The molecule has 22 heavy (non-hydrogen) atoms. The summed E-state index contributed by atoms with van der Waals surface area (Å²) in [6.45, 7) is 6.47. The van der Waals surface area contributed by atoms with Crippen molar-refractivity contribution in [1.82, 2.24) is 15.1 Å². The molecule has 2 aliphatic heterocycles. The van der Waals surface area contributed by atoms with E-state index in [1.165, 1.54) is 17.0 Å². The van der Waals surface area contributed by atoms with Crippen LogP contribution >= 0.6 is 69.3 Å². The zero-order chi connectivity index (χ0) is 17.6. The number of halogens is 4. The van der Waals surface area contributed by atoms with Gasteiger partial charge in [-0.3, -0.25) is 12.7 Å². The summed E-state index contributed by atoms with van der Waals surface area (Å²) in [5, 5.41) is 0. The number of hydrogen-bond acceptors (Lipinski definition) is 4. The van der Waals surface area contributed by atoms with E-state index in [4.69, 9.17) is 23.6 Å². The third-order valence-corrected chi connectivity index (χ3v) is 6.39. The topological polar surface area (TPSA) is 81.2 Å². The van der Waals surface area contributed by atoms with Crippen molar-refractivity contribution in [2.24, 2.45) is 0 Å². The molecular formula is C10H12Cl2I2N4O4. The van der Waals surface area contributed by atoms with Crippen LogP contribution in [-0.4, -0.2) is 50.0 Å². The van der Waals surface area contributed by atoms with E-state index in [9.17, 15) is 19.2 Å². The van der Waals surface area contributed by atoms with Crippen LogP contribution < -0.4 is 0 Å².